The lowest BCUT2D eigenvalue weighted by Crippen LogP contribution is -2.20. The van der Waals surface area contributed by atoms with E-state index >= 15 is 0 Å². The highest BCUT2D eigenvalue weighted by molar-refractivity contribution is 7.92. The number of nitrogens with one attached hydrogen (secondary N) is 1. The second-order valence-corrected chi connectivity index (χ2v) is 11.4. The zero-order valence-electron chi connectivity index (χ0n) is 21.0. The van der Waals surface area contributed by atoms with Crippen molar-refractivity contribution in [3.05, 3.63) is 101 Å². The van der Waals surface area contributed by atoms with Gasteiger partial charge in [-0.3, -0.25) is 9.52 Å². The molecular weight excluding hydrogens is 518 g/mol. The molecule has 1 heterocycles. The number of para-hydroxylation sites is 1. The second-order valence-electron chi connectivity index (χ2n) is 8.75. The van der Waals surface area contributed by atoms with E-state index in [4.69, 9.17) is 4.74 Å². The number of hydrogen-bond acceptors (Lipinski definition) is 5. The molecule has 1 amide bonds. The van der Waals surface area contributed by atoms with Gasteiger partial charge in [0.25, 0.3) is 15.9 Å². The summed E-state index contributed by atoms with van der Waals surface area (Å²) in [5.41, 5.74) is 2.26. The molecule has 38 heavy (non-hydrogen) atoms. The van der Waals surface area contributed by atoms with Crippen LogP contribution in [0, 0.1) is 6.92 Å². The van der Waals surface area contributed by atoms with Gasteiger partial charge in [0.15, 0.2) is 4.80 Å². The van der Waals surface area contributed by atoms with Crippen molar-refractivity contribution < 1.29 is 17.9 Å². The number of carbonyl (C=O) groups is 1. The number of rotatable bonds is 8. The third-order valence-corrected chi connectivity index (χ3v) is 8.68. The average molecular weight is 546 g/mol. The van der Waals surface area contributed by atoms with Gasteiger partial charge in [-0.05, 0) is 49.6 Å². The minimum absolute atomic E-state index is 0.118. The van der Waals surface area contributed by atoms with Gasteiger partial charge in [-0.15, -0.1) is 0 Å². The first-order valence-electron chi connectivity index (χ1n) is 12.2. The Morgan fingerprint density at radius 2 is 1.71 bits per heavy atom. The number of carbonyl (C=O) groups excluding carboxylic acids is 1. The van der Waals surface area contributed by atoms with Crippen LogP contribution >= 0.6 is 11.3 Å². The third-order valence-electron chi connectivity index (χ3n) is 6.17. The molecule has 5 aromatic rings. The summed E-state index contributed by atoms with van der Waals surface area (Å²) in [4.78, 5) is 18.6. The van der Waals surface area contributed by atoms with Crippen molar-refractivity contribution in [1.82, 2.24) is 4.57 Å². The predicted molar refractivity (Wildman–Crippen MR) is 152 cm³/mol. The highest BCUT2D eigenvalue weighted by Crippen LogP contribution is 2.28. The third kappa shape index (κ3) is 5.26. The summed E-state index contributed by atoms with van der Waals surface area (Å²) < 4.78 is 37.2. The number of anilines is 1. The van der Waals surface area contributed by atoms with E-state index in [-0.39, 0.29) is 16.1 Å². The molecule has 194 valence electrons. The fourth-order valence-electron chi connectivity index (χ4n) is 4.23. The van der Waals surface area contributed by atoms with Gasteiger partial charge in [0.1, 0.15) is 0 Å². The van der Waals surface area contributed by atoms with E-state index in [1.807, 2.05) is 36.6 Å². The number of nitrogens with zero attached hydrogens (tertiary/aromatic N) is 2. The molecule has 0 bridgehead atoms. The number of aromatic nitrogens is 1. The highest BCUT2D eigenvalue weighted by atomic mass is 32.2. The molecule has 1 aromatic heterocycles. The topological polar surface area (TPSA) is 89.8 Å². The summed E-state index contributed by atoms with van der Waals surface area (Å²) in [6.07, 6.45) is 0. The number of thiazole rings is 1. The van der Waals surface area contributed by atoms with Crippen LogP contribution in [0.1, 0.15) is 22.8 Å². The van der Waals surface area contributed by atoms with Crippen molar-refractivity contribution >= 4 is 53.9 Å². The van der Waals surface area contributed by atoms with Gasteiger partial charge in [0.05, 0.1) is 33.0 Å². The smallest absolute Gasteiger partial charge is 0.281 e. The van der Waals surface area contributed by atoms with Gasteiger partial charge in [-0.25, -0.2) is 8.42 Å². The van der Waals surface area contributed by atoms with Crippen molar-refractivity contribution in [3.8, 4) is 0 Å². The minimum Gasteiger partial charge on any atom is -0.380 e. The molecule has 0 fully saturated rings. The fraction of sp³-hybridized carbons (Fsp3) is 0.172. The van der Waals surface area contributed by atoms with Crippen LogP contribution in [0.4, 0.5) is 5.69 Å². The number of fused-ring (bicyclic) bond motifs is 3. The maximum absolute atomic E-state index is 13.5. The Morgan fingerprint density at radius 1 is 0.974 bits per heavy atom. The van der Waals surface area contributed by atoms with Crippen LogP contribution < -0.4 is 9.52 Å². The standard InChI is InChI=1S/C29H27N3O4S2/c1-3-36-19-18-32-26-17-14-21-8-4-5-9-23(21)27(26)37-29(32)30-28(33)24-10-6-7-11-25(24)31-38(34,35)22-15-12-20(2)13-16-22/h4-17,31H,3,18-19H2,1-2H3. The zero-order valence-corrected chi connectivity index (χ0v) is 22.7. The van der Waals surface area contributed by atoms with Crippen molar-refractivity contribution in [2.24, 2.45) is 4.99 Å². The SMILES string of the molecule is CCOCCn1c(=NC(=O)c2ccccc2NS(=O)(=O)c2ccc(C)cc2)sc2c3ccccc3ccc21. The minimum atomic E-state index is -3.89. The fourth-order valence-corrected chi connectivity index (χ4v) is 6.50. The van der Waals surface area contributed by atoms with E-state index in [0.717, 1.165) is 26.6 Å². The molecule has 0 aliphatic heterocycles. The van der Waals surface area contributed by atoms with Crippen molar-refractivity contribution in [3.63, 3.8) is 0 Å². The maximum atomic E-state index is 13.5. The van der Waals surface area contributed by atoms with E-state index in [1.54, 1.807) is 36.4 Å². The summed E-state index contributed by atoms with van der Waals surface area (Å²) in [6, 6.07) is 25.2. The molecule has 0 aliphatic rings. The summed E-state index contributed by atoms with van der Waals surface area (Å²) in [5.74, 6) is -0.534. The zero-order chi connectivity index (χ0) is 26.7. The van der Waals surface area contributed by atoms with E-state index < -0.39 is 15.9 Å². The molecule has 0 saturated carbocycles. The molecule has 0 atom stereocenters. The summed E-state index contributed by atoms with van der Waals surface area (Å²) in [6.45, 7) is 5.42. The van der Waals surface area contributed by atoms with Crippen molar-refractivity contribution in [2.45, 2.75) is 25.3 Å². The highest BCUT2D eigenvalue weighted by Gasteiger charge is 2.19. The molecule has 7 nitrogen and oxygen atoms in total. The van der Waals surface area contributed by atoms with Crippen LogP contribution in [0.3, 0.4) is 0 Å². The Labute approximate surface area is 225 Å². The lowest BCUT2D eigenvalue weighted by molar-refractivity contribution is 0.0997. The molecule has 4 aromatic carbocycles. The summed E-state index contributed by atoms with van der Waals surface area (Å²) >= 11 is 1.43. The summed E-state index contributed by atoms with van der Waals surface area (Å²) in [7, 11) is -3.89. The first-order valence-corrected chi connectivity index (χ1v) is 14.5. The quantitative estimate of drug-likeness (QED) is 0.252. The Morgan fingerprint density at radius 3 is 2.50 bits per heavy atom. The van der Waals surface area contributed by atoms with Gasteiger partial charge in [-0.2, -0.15) is 4.99 Å². The normalized spacial score (nSPS) is 12.3. The number of hydrogen-bond donors (Lipinski definition) is 1. The van der Waals surface area contributed by atoms with Crippen LogP contribution in [0.25, 0.3) is 21.0 Å². The van der Waals surface area contributed by atoms with Crippen molar-refractivity contribution in [2.75, 3.05) is 17.9 Å². The molecular formula is C29H27N3O4S2. The van der Waals surface area contributed by atoms with Crippen LogP contribution in [-0.4, -0.2) is 32.1 Å². The van der Waals surface area contributed by atoms with E-state index in [1.165, 1.54) is 23.5 Å². The maximum Gasteiger partial charge on any atom is 0.281 e. The first kappa shape index (κ1) is 25.8. The lowest BCUT2D eigenvalue weighted by Gasteiger charge is -2.11. The van der Waals surface area contributed by atoms with Crippen LogP contribution in [0.2, 0.25) is 0 Å². The number of amides is 1. The van der Waals surface area contributed by atoms with Gasteiger partial charge in [0, 0.05) is 18.5 Å². The second kappa shape index (κ2) is 10.9. The van der Waals surface area contributed by atoms with Crippen LogP contribution in [0.5, 0.6) is 0 Å². The van der Waals surface area contributed by atoms with Crippen LogP contribution in [-0.2, 0) is 21.3 Å². The molecule has 0 aliphatic carbocycles. The van der Waals surface area contributed by atoms with Crippen LogP contribution in [0.15, 0.2) is 94.8 Å². The molecule has 0 saturated heterocycles. The van der Waals surface area contributed by atoms with E-state index in [9.17, 15) is 13.2 Å². The number of ether oxygens (including phenoxy) is 1. The lowest BCUT2D eigenvalue weighted by atomic mass is 10.1. The Kier molecular flexibility index (Phi) is 7.42. The van der Waals surface area contributed by atoms with Crippen molar-refractivity contribution in [1.29, 1.82) is 0 Å². The Bertz CT molecular complexity index is 1800. The Balaban J connectivity index is 1.57. The van der Waals surface area contributed by atoms with Gasteiger partial charge in [0.2, 0.25) is 0 Å². The Hall–Kier alpha value is -3.79. The van der Waals surface area contributed by atoms with E-state index in [0.29, 0.717) is 24.6 Å². The molecule has 5 rings (SSSR count). The van der Waals surface area contributed by atoms with Gasteiger partial charge < -0.3 is 9.30 Å². The van der Waals surface area contributed by atoms with Gasteiger partial charge >= 0.3 is 0 Å². The largest absolute Gasteiger partial charge is 0.380 e. The monoisotopic (exact) mass is 545 g/mol. The number of aryl methyl sites for hydroxylation is 1. The predicted octanol–water partition coefficient (Wildman–Crippen LogP) is 5.74. The van der Waals surface area contributed by atoms with Gasteiger partial charge in [-0.1, -0.05) is 71.5 Å². The molecule has 1 N–H and O–H groups in total. The number of sulfonamides is 1. The first-order chi connectivity index (χ1) is 18.4. The number of benzene rings is 4. The molecule has 0 unspecified atom stereocenters. The van der Waals surface area contributed by atoms with E-state index in [2.05, 4.69) is 27.9 Å². The summed E-state index contributed by atoms with van der Waals surface area (Å²) in [5, 5.41) is 2.19. The average Bonchev–Trinajstić information content (AvgIpc) is 3.26. The molecule has 9 heteroatoms. The molecule has 0 spiro atoms. The molecule has 0 radical (unpaired) electrons.